The van der Waals surface area contributed by atoms with Gasteiger partial charge in [0.15, 0.2) is 9.84 Å². The van der Waals surface area contributed by atoms with Gasteiger partial charge in [0.1, 0.15) is 5.75 Å². The van der Waals surface area contributed by atoms with Gasteiger partial charge in [-0.3, -0.25) is 4.79 Å². The van der Waals surface area contributed by atoms with Gasteiger partial charge in [0.2, 0.25) is 5.91 Å². The minimum atomic E-state index is -3.28. The van der Waals surface area contributed by atoms with Crippen LogP contribution in [0.2, 0.25) is 0 Å². The summed E-state index contributed by atoms with van der Waals surface area (Å²) in [5, 5.41) is 0. The standard InChI is InChI=1S/C11H13NO4S/c1-12-9-7-8(17(2,14)15)3-4-10(9)16-6-5-11(12)13/h3-4,7H,5-6H2,1-2H3. The van der Waals surface area contributed by atoms with Crippen molar-refractivity contribution in [3.8, 4) is 5.75 Å². The normalized spacial score (nSPS) is 16.1. The maximum atomic E-state index is 11.6. The summed E-state index contributed by atoms with van der Waals surface area (Å²) in [6, 6.07) is 4.53. The first-order valence-electron chi connectivity index (χ1n) is 5.13. The van der Waals surface area contributed by atoms with Crippen LogP contribution in [0, 0.1) is 0 Å². The number of amides is 1. The van der Waals surface area contributed by atoms with Gasteiger partial charge in [0.25, 0.3) is 0 Å². The molecule has 0 N–H and O–H groups in total. The van der Waals surface area contributed by atoms with Crippen LogP contribution in [0.1, 0.15) is 6.42 Å². The highest BCUT2D eigenvalue weighted by Gasteiger charge is 2.21. The van der Waals surface area contributed by atoms with Crippen molar-refractivity contribution in [2.24, 2.45) is 0 Å². The van der Waals surface area contributed by atoms with Crippen LogP contribution < -0.4 is 9.64 Å². The Labute approximate surface area is 99.9 Å². The summed E-state index contributed by atoms with van der Waals surface area (Å²) >= 11 is 0. The van der Waals surface area contributed by atoms with Gasteiger partial charge in [0, 0.05) is 13.3 Å². The Bertz CT molecular complexity index is 565. The largest absolute Gasteiger partial charge is 0.491 e. The Balaban J connectivity index is 2.57. The molecule has 0 radical (unpaired) electrons. The molecular weight excluding hydrogens is 242 g/mol. The van der Waals surface area contributed by atoms with Crippen LogP contribution in [0.4, 0.5) is 5.69 Å². The van der Waals surface area contributed by atoms with Crippen molar-refractivity contribution < 1.29 is 17.9 Å². The Morgan fingerprint density at radius 1 is 1.35 bits per heavy atom. The fourth-order valence-electron chi connectivity index (χ4n) is 1.66. The molecule has 1 amide bonds. The quantitative estimate of drug-likeness (QED) is 0.745. The number of benzene rings is 1. The molecule has 17 heavy (non-hydrogen) atoms. The molecule has 1 aliphatic rings. The molecule has 1 heterocycles. The Morgan fingerprint density at radius 2 is 2.06 bits per heavy atom. The Hall–Kier alpha value is -1.56. The minimum absolute atomic E-state index is 0.0885. The van der Waals surface area contributed by atoms with Crippen molar-refractivity contribution in [2.75, 3.05) is 24.8 Å². The first-order chi connectivity index (χ1) is 7.89. The van der Waals surface area contributed by atoms with Crippen molar-refractivity contribution in [1.82, 2.24) is 0 Å². The first kappa shape index (κ1) is 11.9. The van der Waals surface area contributed by atoms with Gasteiger partial charge in [-0.2, -0.15) is 0 Å². The van der Waals surface area contributed by atoms with Crippen molar-refractivity contribution in [1.29, 1.82) is 0 Å². The number of rotatable bonds is 1. The van der Waals surface area contributed by atoms with E-state index in [9.17, 15) is 13.2 Å². The maximum Gasteiger partial charge on any atom is 0.230 e. The SMILES string of the molecule is CN1C(=O)CCOc2ccc(S(C)(=O)=O)cc21. The monoisotopic (exact) mass is 255 g/mol. The summed E-state index contributed by atoms with van der Waals surface area (Å²) in [6.07, 6.45) is 1.42. The van der Waals surface area contributed by atoms with Gasteiger partial charge in [-0.15, -0.1) is 0 Å². The number of nitrogens with zero attached hydrogens (tertiary/aromatic N) is 1. The molecule has 0 aliphatic carbocycles. The number of ether oxygens (including phenoxy) is 1. The number of carbonyl (C=O) groups excluding carboxylic acids is 1. The number of anilines is 1. The van der Waals surface area contributed by atoms with E-state index < -0.39 is 9.84 Å². The average Bonchev–Trinajstić information content (AvgIpc) is 2.39. The molecule has 0 bridgehead atoms. The molecule has 1 aromatic carbocycles. The highest BCUT2D eigenvalue weighted by molar-refractivity contribution is 7.90. The van der Waals surface area contributed by atoms with Gasteiger partial charge >= 0.3 is 0 Å². The third-order valence-corrected chi connectivity index (χ3v) is 3.78. The first-order valence-corrected chi connectivity index (χ1v) is 7.02. The van der Waals surface area contributed by atoms with Gasteiger partial charge in [-0.25, -0.2) is 8.42 Å². The van der Waals surface area contributed by atoms with E-state index in [1.165, 1.54) is 17.0 Å². The summed E-state index contributed by atoms with van der Waals surface area (Å²) in [4.78, 5) is 13.2. The average molecular weight is 255 g/mol. The fourth-order valence-corrected chi connectivity index (χ4v) is 2.30. The van der Waals surface area contributed by atoms with E-state index in [1.54, 1.807) is 13.1 Å². The van der Waals surface area contributed by atoms with E-state index >= 15 is 0 Å². The third kappa shape index (κ3) is 2.26. The molecule has 0 atom stereocenters. The van der Waals surface area contributed by atoms with Crippen LogP contribution in [0.5, 0.6) is 5.75 Å². The van der Waals surface area contributed by atoms with E-state index in [0.29, 0.717) is 24.5 Å². The van der Waals surface area contributed by atoms with Crippen molar-refractivity contribution in [3.05, 3.63) is 18.2 Å². The molecule has 0 saturated heterocycles. The number of fused-ring (bicyclic) bond motifs is 1. The topological polar surface area (TPSA) is 63.7 Å². The van der Waals surface area contributed by atoms with Crippen molar-refractivity contribution in [3.63, 3.8) is 0 Å². The van der Waals surface area contributed by atoms with Crippen LogP contribution in [0.3, 0.4) is 0 Å². The molecule has 1 aromatic rings. The van der Waals surface area contributed by atoms with Crippen LogP contribution in [-0.4, -0.2) is 34.2 Å². The predicted octanol–water partition coefficient (Wildman–Crippen LogP) is 0.835. The Morgan fingerprint density at radius 3 is 2.71 bits per heavy atom. The van der Waals surface area contributed by atoms with E-state index in [0.717, 1.165) is 6.26 Å². The summed E-state index contributed by atoms with van der Waals surface area (Å²) in [7, 11) is -1.67. The molecule has 0 saturated carbocycles. The summed E-state index contributed by atoms with van der Waals surface area (Å²) in [5.41, 5.74) is 0.496. The smallest absolute Gasteiger partial charge is 0.230 e. The second kappa shape index (κ2) is 4.03. The molecule has 0 unspecified atom stereocenters. The zero-order valence-electron chi connectivity index (χ0n) is 9.63. The zero-order chi connectivity index (χ0) is 12.6. The highest BCUT2D eigenvalue weighted by Crippen LogP contribution is 2.32. The molecule has 0 fully saturated rings. The number of carbonyl (C=O) groups is 1. The second-order valence-corrected chi connectivity index (χ2v) is 5.97. The molecule has 2 rings (SSSR count). The van der Waals surface area contributed by atoms with E-state index in [2.05, 4.69) is 0 Å². The van der Waals surface area contributed by atoms with Crippen LogP contribution in [0.25, 0.3) is 0 Å². The van der Waals surface area contributed by atoms with Crippen molar-refractivity contribution in [2.45, 2.75) is 11.3 Å². The lowest BCUT2D eigenvalue weighted by Gasteiger charge is -2.16. The molecule has 6 heteroatoms. The molecule has 0 spiro atoms. The summed E-state index contributed by atoms with van der Waals surface area (Å²) < 4.78 is 28.3. The molecule has 92 valence electrons. The van der Waals surface area contributed by atoms with Crippen LogP contribution in [-0.2, 0) is 14.6 Å². The summed E-state index contributed by atoms with van der Waals surface area (Å²) in [6.45, 7) is 0.314. The number of hydrogen-bond acceptors (Lipinski definition) is 4. The lowest BCUT2D eigenvalue weighted by molar-refractivity contribution is -0.118. The maximum absolute atomic E-state index is 11.6. The lowest BCUT2D eigenvalue weighted by atomic mass is 10.2. The van der Waals surface area contributed by atoms with Crippen molar-refractivity contribution >= 4 is 21.4 Å². The van der Waals surface area contributed by atoms with Gasteiger partial charge in [-0.05, 0) is 18.2 Å². The summed E-state index contributed by atoms with van der Waals surface area (Å²) in [5.74, 6) is 0.445. The molecule has 5 nitrogen and oxygen atoms in total. The van der Waals surface area contributed by atoms with E-state index in [4.69, 9.17) is 4.74 Å². The molecule has 0 aromatic heterocycles. The third-order valence-electron chi connectivity index (χ3n) is 2.67. The molecule has 1 aliphatic heterocycles. The highest BCUT2D eigenvalue weighted by atomic mass is 32.2. The van der Waals surface area contributed by atoms with Crippen LogP contribution >= 0.6 is 0 Å². The lowest BCUT2D eigenvalue weighted by Crippen LogP contribution is -2.25. The van der Waals surface area contributed by atoms with Gasteiger partial charge in [0.05, 0.1) is 23.6 Å². The number of sulfone groups is 1. The van der Waals surface area contributed by atoms with E-state index in [-0.39, 0.29) is 10.8 Å². The Kier molecular flexibility index (Phi) is 2.82. The number of hydrogen-bond donors (Lipinski definition) is 0. The minimum Gasteiger partial charge on any atom is -0.491 e. The van der Waals surface area contributed by atoms with Gasteiger partial charge in [-0.1, -0.05) is 0 Å². The predicted molar refractivity (Wildman–Crippen MR) is 63.1 cm³/mol. The van der Waals surface area contributed by atoms with E-state index in [1.807, 2.05) is 0 Å². The van der Waals surface area contributed by atoms with Gasteiger partial charge < -0.3 is 9.64 Å². The molecular formula is C11H13NO4S. The fraction of sp³-hybridized carbons (Fsp3) is 0.364. The zero-order valence-corrected chi connectivity index (χ0v) is 10.5. The second-order valence-electron chi connectivity index (χ2n) is 3.95. The van der Waals surface area contributed by atoms with Crippen LogP contribution in [0.15, 0.2) is 23.1 Å².